The Morgan fingerprint density at radius 2 is 1.92 bits per heavy atom. The minimum atomic E-state index is -0.284. The largest absolute Gasteiger partial charge is 0.393 e. The average Bonchev–Trinajstić information content (AvgIpc) is 2.90. The van der Waals surface area contributed by atoms with Crippen molar-refractivity contribution in [2.75, 3.05) is 19.6 Å². The van der Waals surface area contributed by atoms with Crippen molar-refractivity contribution in [2.45, 2.75) is 39.3 Å². The minimum Gasteiger partial charge on any atom is -0.393 e. The predicted molar refractivity (Wildman–Crippen MR) is 96.5 cm³/mol. The summed E-state index contributed by atoms with van der Waals surface area (Å²) in [6, 6.07) is 6.18. The molecule has 0 atom stereocenters. The molecular formula is C19H25FN4O2. The lowest BCUT2D eigenvalue weighted by molar-refractivity contribution is -0.122. The molecule has 1 aliphatic rings. The van der Waals surface area contributed by atoms with Gasteiger partial charge in [0.15, 0.2) is 0 Å². The lowest BCUT2D eigenvalue weighted by Gasteiger charge is -2.28. The number of nitrogens with zero attached hydrogens (tertiary/aromatic N) is 3. The summed E-state index contributed by atoms with van der Waals surface area (Å²) in [7, 11) is 0. The zero-order valence-electron chi connectivity index (χ0n) is 15.2. The van der Waals surface area contributed by atoms with Crippen molar-refractivity contribution in [1.82, 2.24) is 20.0 Å². The molecule has 26 heavy (non-hydrogen) atoms. The SMILES string of the molecule is Cc1nn(-c2ccc(F)cc2)c(C)c1CNC(=O)CN1CCC(O)CC1. The average molecular weight is 360 g/mol. The van der Waals surface area contributed by atoms with E-state index in [4.69, 9.17) is 0 Å². The van der Waals surface area contributed by atoms with Gasteiger partial charge in [0.05, 0.1) is 24.0 Å². The van der Waals surface area contributed by atoms with Crippen LogP contribution in [0, 0.1) is 19.7 Å². The smallest absolute Gasteiger partial charge is 0.234 e. The van der Waals surface area contributed by atoms with Crippen molar-refractivity contribution < 1.29 is 14.3 Å². The molecule has 0 bridgehead atoms. The van der Waals surface area contributed by atoms with Crippen LogP contribution in [0.25, 0.3) is 5.69 Å². The van der Waals surface area contributed by atoms with Crippen LogP contribution < -0.4 is 5.32 Å². The molecule has 0 spiro atoms. The molecule has 1 amide bonds. The first-order valence-corrected chi connectivity index (χ1v) is 8.92. The predicted octanol–water partition coefficient (Wildman–Crippen LogP) is 1.70. The van der Waals surface area contributed by atoms with Gasteiger partial charge >= 0.3 is 0 Å². The number of carbonyl (C=O) groups is 1. The van der Waals surface area contributed by atoms with Crippen molar-refractivity contribution in [3.8, 4) is 5.69 Å². The van der Waals surface area contributed by atoms with Crippen LogP contribution in [0.1, 0.15) is 29.8 Å². The summed E-state index contributed by atoms with van der Waals surface area (Å²) in [5.41, 5.74) is 3.52. The molecule has 1 aromatic heterocycles. The zero-order valence-corrected chi connectivity index (χ0v) is 15.2. The van der Waals surface area contributed by atoms with Gasteiger partial charge < -0.3 is 10.4 Å². The van der Waals surface area contributed by atoms with E-state index in [0.29, 0.717) is 13.1 Å². The number of likely N-dealkylation sites (tertiary alicyclic amines) is 1. The van der Waals surface area contributed by atoms with E-state index in [0.717, 1.165) is 48.6 Å². The molecule has 2 N–H and O–H groups in total. The van der Waals surface area contributed by atoms with E-state index < -0.39 is 0 Å². The number of nitrogens with one attached hydrogen (secondary N) is 1. The van der Waals surface area contributed by atoms with E-state index in [1.165, 1.54) is 12.1 Å². The Kier molecular flexibility index (Phi) is 5.68. The maximum absolute atomic E-state index is 13.1. The number of aryl methyl sites for hydroxylation is 1. The first-order chi connectivity index (χ1) is 12.4. The fourth-order valence-corrected chi connectivity index (χ4v) is 3.29. The maximum atomic E-state index is 13.1. The fourth-order valence-electron chi connectivity index (χ4n) is 3.29. The summed E-state index contributed by atoms with van der Waals surface area (Å²) in [6.45, 7) is 6.09. The second kappa shape index (κ2) is 7.97. The number of rotatable bonds is 5. The number of aliphatic hydroxyl groups is 1. The molecule has 1 aromatic carbocycles. The Labute approximate surface area is 152 Å². The van der Waals surface area contributed by atoms with Crippen molar-refractivity contribution in [3.05, 3.63) is 47.0 Å². The van der Waals surface area contributed by atoms with Crippen LogP contribution >= 0.6 is 0 Å². The number of carbonyl (C=O) groups excluding carboxylic acids is 1. The molecule has 0 radical (unpaired) electrons. The highest BCUT2D eigenvalue weighted by Crippen LogP contribution is 2.18. The molecule has 140 valence electrons. The summed E-state index contributed by atoms with van der Waals surface area (Å²) in [6.07, 6.45) is 1.20. The molecule has 1 fully saturated rings. The van der Waals surface area contributed by atoms with Crippen LogP contribution in [-0.4, -0.2) is 51.4 Å². The van der Waals surface area contributed by atoms with Gasteiger partial charge in [0.2, 0.25) is 5.91 Å². The number of halogens is 1. The third-order valence-electron chi connectivity index (χ3n) is 4.90. The maximum Gasteiger partial charge on any atom is 0.234 e. The van der Waals surface area contributed by atoms with Crippen molar-refractivity contribution in [3.63, 3.8) is 0 Å². The quantitative estimate of drug-likeness (QED) is 0.852. The third-order valence-corrected chi connectivity index (χ3v) is 4.90. The van der Waals surface area contributed by atoms with Crippen LogP contribution in [0.4, 0.5) is 4.39 Å². The third kappa shape index (κ3) is 4.28. The van der Waals surface area contributed by atoms with E-state index in [2.05, 4.69) is 15.3 Å². The molecule has 0 aliphatic carbocycles. The van der Waals surface area contributed by atoms with Crippen LogP contribution in [0.5, 0.6) is 0 Å². The highest BCUT2D eigenvalue weighted by atomic mass is 19.1. The Bertz CT molecular complexity index is 765. The summed E-state index contributed by atoms with van der Waals surface area (Å²) >= 11 is 0. The van der Waals surface area contributed by atoms with Gasteiger partial charge in [-0.15, -0.1) is 0 Å². The van der Waals surface area contributed by atoms with Gasteiger partial charge in [-0.25, -0.2) is 9.07 Å². The van der Waals surface area contributed by atoms with Crippen LogP contribution in [0.3, 0.4) is 0 Å². The van der Waals surface area contributed by atoms with Gasteiger partial charge in [0.25, 0.3) is 0 Å². The molecule has 7 heteroatoms. The Hall–Kier alpha value is -2.25. The Morgan fingerprint density at radius 1 is 1.27 bits per heavy atom. The molecule has 6 nitrogen and oxygen atoms in total. The van der Waals surface area contributed by atoms with Gasteiger partial charge in [-0.05, 0) is 51.0 Å². The normalized spacial score (nSPS) is 16.0. The molecule has 1 aliphatic heterocycles. The van der Waals surface area contributed by atoms with Crippen LogP contribution in [-0.2, 0) is 11.3 Å². The molecule has 0 unspecified atom stereocenters. The van der Waals surface area contributed by atoms with Gasteiger partial charge in [0.1, 0.15) is 5.82 Å². The van der Waals surface area contributed by atoms with E-state index in [1.807, 2.05) is 13.8 Å². The second-order valence-corrected chi connectivity index (χ2v) is 6.82. The van der Waals surface area contributed by atoms with Gasteiger partial charge in [-0.2, -0.15) is 5.10 Å². The van der Waals surface area contributed by atoms with Gasteiger partial charge in [-0.3, -0.25) is 9.69 Å². The molecule has 3 rings (SSSR count). The lowest BCUT2D eigenvalue weighted by Crippen LogP contribution is -2.42. The van der Waals surface area contributed by atoms with E-state index in [-0.39, 0.29) is 17.8 Å². The second-order valence-electron chi connectivity index (χ2n) is 6.82. The van der Waals surface area contributed by atoms with E-state index in [1.54, 1.807) is 16.8 Å². The highest BCUT2D eigenvalue weighted by Gasteiger charge is 2.19. The zero-order chi connectivity index (χ0) is 18.7. The lowest BCUT2D eigenvalue weighted by atomic mass is 10.1. The molecular weight excluding hydrogens is 335 g/mol. The Balaban J connectivity index is 1.61. The molecule has 1 saturated heterocycles. The van der Waals surface area contributed by atoms with Crippen LogP contribution in [0.15, 0.2) is 24.3 Å². The number of benzene rings is 1. The number of hydrogen-bond donors (Lipinski definition) is 2. The first-order valence-electron chi connectivity index (χ1n) is 8.92. The summed E-state index contributed by atoms with van der Waals surface area (Å²) in [5.74, 6) is -0.317. The standard InChI is InChI=1S/C19H25FN4O2/c1-13-18(11-21-19(26)12-23-9-7-17(25)8-10-23)14(2)24(22-13)16-5-3-15(20)4-6-16/h3-6,17,25H,7-12H2,1-2H3,(H,21,26). The van der Waals surface area contributed by atoms with E-state index >= 15 is 0 Å². The molecule has 0 saturated carbocycles. The monoisotopic (exact) mass is 360 g/mol. The van der Waals surface area contributed by atoms with Crippen molar-refractivity contribution in [1.29, 1.82) is 0 Å². The van der Waals surface area contributed by atoms with Crippen LogP contribution in [0.2, 0.25) is 0 Å². The number of aromatic nitrogens is 2. The summed E-state index contributed by atoms with van der Waals surface area (Å²) in [4.78, 5) is 14.3. The number of hydrogen-bond acceptors (Lipinski definition) is 4. The van der Waals surface area contributed by atoms with Gasteiger partial charge in [-0.1, -0.05) is 0 Å². The topological polar surface area (TPSA) is 70.4 Å². The molecule has 2 aromatic rings. The summed E-state index contributed by atoms with van der Waals surface area (Å²) < 4.78 is 14.9. The number of amides is 1. The molecule has 2 heterocycles. The van der Waals surface area contributed by atoms with Crippen molar-refractivity contribution in [2.24, 2.45) is 0 Å². The Morgan fingerprint density at radius 3 is 2.58 bits per heavy atom. The first kappa shape index (κ1) is 18.5. The minimum absolute atomic E-state index is 0.0327. The van der Waals surface area contributed by atoms with Crippen molar-refractivity contribution >= 4 is 5.91 Å². The number of aliphatic hydroxyl groups excluding tert-OH is 1. The number of piperidine rings is 1. The highest BCUT2D eigenvalue weighted by molar-refractivity contribution is 5.78. The van der Waals surface area contributed by atoms with E-state index in [9.17, 15) is 14.3 Å². The van der Waals surface area contributed by atoms with Gasteiger partial charge in [0, 0.05) is 30.9 Å². The fraction of sp³-hybridized carbons (Fsp3) is 0.474. The summed E-state index contributed by atoms with van der Waals surface area (Å²) in [5, 5.41) is 17.0.